The number of benzene rings is 1. The highest BCUT2D eigenvalue weighted by atomic mass is 35.5. The van der Waals surface area contributed by atoms with E-state index < -0.39 is 0 Å². The van der Waals surface area contributed by atoms with E-state index in [4.69, 9.17) is 11.6 Å². The molecule has 5 rings (SSSR count). The van der Waals surface area contributed by atoms with Gasteiger partial charge in [0.25, 0.3) is 0 Å². The summed E-state index contributed by atoms with van der Waals surface area (Å²) in [6.45, 7) is 1.48. The van der Waals surface area contributed by atoms with E-state index >= 15 is 0 Å². The normalized spacial score (nSPS) is 17.0. The number of fused-ring (bicyclic) bond motifs is 1. The lowest BCUT2D eigenvalue weighted by molar-refractivity contribution is -0.120. The zero-order valence-corrected chi connectivity index (χ0v) is 17.7. The number of nitrogens with zero attached hydrogens (tertiary/aromatic N) is 4. The summed E-state index contributed by atoms with van der Waals surface area (Å²) in [5.74, 6) is 1.32. The Hall–Kier alpha value is -3.13. The lowest BCUT2D eigenvalue weighted by Gasteiger charge is -2.32. The number of anilines is 3. The van der Waals surface area contributed by atoms with Gasteiger partial charge in [0, 0.05) is 35.6 Å². The molecule has 160 valence electrons. The number of piperidine rings is 1. The van der Waals surface area contributed by atoms with Crippen LogP contribution in [0.4, 0.5) is 17.5 Å². The fourth-order valence-electron chi connectivity index (χ4n) is 3.89. The summed E-state index contributed by atoms with van der Waals surface area (Å²) in [6.07, 6.45) is 3.36. The van der Waals surface area contributed by atoms with Crippen molar-refractivity contribution in [3.8, 4) is 0 Å². The molecule has 2 aliphatic rings. The van der Waals surface area contributed by atoms with Gasteiger partial charge in [0.1, 0.15) is 5.82 Å². The maximum atomic E-state index is 12.6. The van der Waals surface area contributed by atoms with Crippen LogP contribution in [0.15, 0.2) is 42.5 Å². The Morgan fingerprint density at radius 1 is 0.903 bits per heavy atom. The highest BCUT2D eigenvalue weighted by Gasteiger charge is 2.31. The Balaban J connectivity index is 1.24. The van der Waals surface area contributed by atoms with Gasteiger partial charge in [0.15, 0.2) is 5.65 Å². The molecule has 3 aromatic rings. The van der Waals surface area contributed by atoms with Crippen molar-refractivity contribution in [2.45, 2.75) is 25.7 Å². The molecule has 1 saturated carbocycles. The Morgan fingerprint density at radius 3 is 2.29 bits per heavy atom. The van der Waals surface area contributed by atoms with Gasteiger partial charge in [-0.2, -0.15) is 9.50 Å². The van der Waals surface area contributed by atoms with Gasteiger partial charge in [-0.15, -0.1) is 5.10 Å². The van der Waals surface area contributed by atoms with Crippen LogP contribution < -0.4 is 15.5 Å². The molecule has 1 saturated heterocycles. The maximum absolute atomic E-state index is 12.6. The quantitative estimate of drug-likeness (QED) is 0.635. The molecule has 1 aromatic carbocycles. The first kappa shape index (κ1) is 19.8. The van der Waals surface area contributed by atoms with Crippen molar-refractivity contribution in [2.75, 3.05) is 28.6 Å². The SMILES string of the molecule is O=C(Nc1ccc(Cl)cc1)C1CCN(c2cccc3nc(NC(=O)C4CC4)nn23)CC1. The smallest absolute Gasteiger partial charge is 0.249 e. The average Bonchev–Trinajstić information content (AvgIpc) is 3.55. The largest absolute Gasteiger partial charge is 0.356 e. The topological polar surface area (TPSA) is 91.6 Å². The van der Waals surface area contributed by atoms with E-state index in [1.807, 2.05) is 18.2 Å². The summed E-state index contributed by atoms with van der Waals surface area (Å²) < 4.78 is 1.76. The number of nitrogens with one attached hydrogen (secondary N) is 2. The van der Waals surface area contributed by atoms with Gasteiger partial charge in [-0.05, 0) is 62.1 Å². The number of hydrogen-bond donors (Lipinski definition) is 2. The minimum Gasteiger partial charge on any atom is -0.356 e. The molecule has 1 aliphatic carbocycles. The van der Waals surface area contributed by atoms with Gasteiger partial charge in [-0.3, -0.25) is 14.9 Å². The molecule has 0 spiro atoms. The molecule has 0 bridgehead atoms. The number of carbonyl (C=O) groups excluding carboxylic acids is 2. The summed E-state index contributed by atoms with van der Waals surface area (Å²) in [7, 11) is 0. The van der Waals surface area contributed by atoms with Gasteiger partial charge in [0.2, 0.25) is 17.8 Å². The van der Waals surface area contributed by atoms with Crippen LogP contribution in [0.5, 0.6) is 0 Å². The third-order valence-electron chi connectivity index (χ3n) is 5.82. The first-order valence-corrected chi connectivity index (χ1v) is 10.9. The van der Waals surface area contributed by atoms with Crippen molar-refractivity contribution in [1.29, 1.82) is 0 Å². The van der Waals surface area contributed by atoms with Crippen molar-refractivity contribution in [2.24, 2.45) is 11.8 Å². The number of carbonyl (C=O) groups is 2. The van der Waals surface area contributed by atoms with Crippen LogP contribution in [0.2, 0.25) is 5.02 Å². The van der Waals surface area contributed by atoms with E-state index in [0.717, 1.165) is 50.3 Å². The molecule has 9 heteroatoms. The average molecular weight is 439 g/mol. The lowest BCUT2D eigenvalue weighted by Crippen LogP contribution is -2.39. The van der Waals surface area contributed by atoms with E-state index in [2.05, 4.69) is 25.6 Å². The highest BCUT2D eigenvalue weighted by Crippen LogP contribution is 2.30. The van der Waals surface area contributed by atoms with Crippen LogP contribution in [-0.2, 0) is 9.59 Å². The highest BCUT2D eigenvalue weighted by molar-refractivity contribution is 6.30. The summed E-state index contributed by atoms with van der Waals surface area (Å²) >= 11 is 5.90. The van der Waals surface area contributed by atoms with Gasteiger partial charge >= 0.3 is 0 Å². The molecule has 0 atom stereocenters. The Bertz CT molecular complexity index is 1120. The molecule has 2 fully saturated rings. The van der Waals surface area contributed by atoms with Gasteiger partial charge in [-0.1, -0.05) is 17.7 Å². The number of pyridine rings is 1. The second kappa shape index (κ2) is 8.19. The Kier molecular flexibility index (Phi) is 5.23. The van der Waals surface area contributed by atoms with E-state index in [1.165, 1.54) is 0 Å². The van der Waals surface area contributed by atoms with Crippen LogP contribution >= 0.6 is 11.6 Å². The molecule has 31 heavy (non-hydrogen) atoms. The van der Waals surface area contributed by atoms with Crippen LogP contribution in [0, 0.1) is 11.8 Å². The summed E-state index contributed by atoms with van der Waals surface area (Å²) in [5.41, 5.74) is 1.44. The summed E-state index contributed by atoms with van der Waals surface area (Å²) in [5, 5.41) is 10.9. The number of rotatable bonds is 5. The lowest BCUT2D eigenvalue weighted by atomic mass is 9.95. The standard InChI is InChI=1S/C22H23ClN6O2/c23-16-6-8-17(9-7-16)24-20(30)15-10-12-28(13-11-15)19-3-1-2-18-25-22(27-29(18)19)26-21(31)14-4-5-14/h1-3,6-9,14-15H,4-5,10-13H2,(H,24,30)(H,26,27,31). The predicted octanol–water partition coefficient (Wildman–Crippen LogP) is 3.59. The molecule has 2 amide bonds. The number of aromatic nitrogens is 3. The first-order chi connectivity index (χ1) is 15.1. The predicted molar refractivity (Wildman–Crippen MR) is 119 cm³/mol. The zero-order valence-electron chi connectivity index (χ0n) is 16.9. The molecular weight excluding hydrogens is 416 g/mol. The van der Waals surface area contributed by atoms with Gasteiger partial charge < -0.3 is 10.2 Å². The monoisotopic (exact) mass is 438 g/mol. The summed E-state index contributed by atoms with van der Waals surface area (Å²) in [6, 6.07) is 12.9. The van der Waals surface area contributed by atoms with Gasteiger partial charge in [0.05, 0.1) is 0 Å². The molecular formula is C22H23ClN6O2. The molecule has 2 aromatic heterocycles. The van der Waals surface area contributed by atoms with Crippen molar-refractivity contribution < 1.29 is 9.59 Å². The van der Waals surface area contributed by atoms with Crippen molar-refractivity contribution >= 4 is 46.5 Å². The molecule has 2 N–H and O–H groups in total. The van der Waals surface area contributed by atoms with Crippen molar-refractivity contribution in [3.05, 3.63) is 47.5 Å². The minimum atomic E-state index is -0.0460. The van der Waals surface area contributed by atoms with Gasteiger partial charge in [-0.25, -0.2) is 0 Å². The van der Waals surface area contributed by atoms with E-state index in [0.29, 0.717) is 16.6 Å². The third-order valence-corrected chi connectivity index (χ3v) is 6.08. The summed E-state index contributed by atoms with van der Waals surface area (Å²) in [4.78, 5) is 31.3. The molecule has 1 aliphatic heterocycles. The Morgan fingerprint density at radius 2 is 1.58 bits per heavy atom. The minimum absolute atomic E-state index is 0.00929. The van der Waals surface area contributed by atoms with Crippen LogP contribution in [0.3, 0.4) is 0 Å². The van der Waals surface area contributed by atoms with E-state index in [1.54, 1.807) is 28.8 Å². The van der Waals surface area contributed by atoms with E-state index in [-0.39, 0.29) is 23.7 Å². The van der Waals surface area contributed by atoms with Crippen molar-refractivity contribution in [1.82, 2.24) is 14.6 Å². The van der Waals surface area contributed by atoms with E-state index in [9.17, 15) is 9.59 Å². The Labute approximate surface area is 184 Å². The van der Waals surface area contributed by atoms with Crippen LogP contribution in [0.25, 0.3) is 5.65 Å². The third kappa shape index (κ3) is 4.34. The second-order valence-electron chi connectivity index (χ2n) is 8.11. The molecule has 8 nitrogen and oxygen atoms in total. The molecule has 0 unspecified atom stereocenters. The zero-order chi connectivity index (χ0) is 21.4. The second-order valence-corrected chi connectivity index (χ2v) is 8.55. The fourth-order valence-corrected chi connectivity index (χ4v) is 4.02. The molecule has 0 radical (unpaired) electrons. The fraction of sp³-hybridized carbons (Fsp3) is 0.364. The first-order valence-electron chi connectivity index (χ1n) is 10.5. The maximum Gasteiger partial charge on any atom is 0.249 e. The number of amides is 2. The number of halogens is 1. The van der Waals surface area contributed by atoms with Crippen molar-refractivity contribution in [3.63, 3.8) is 0 Å². The molecule has 3 heterocycles. The van der Waals surface area contributed by atoms with Crippen LogP contribution in [-0.4, -0.2) is 39.5 Å². The van der Waals surface area contributed by atoms with Crippen LogP contribution in [0.1, 0.15) is 25.7 Å². The number of hydrogen-bond acceptors (Lipinski definition) is 5.